The Morgan fingerprint density at radius 2 is 1.79 bits per heavy atom. The van der Waals surface area contributed by atoms with Crippen molar-refractivity contribution in [2.24, 2.45) is 0 Å². The molecule has 0 atom stereocenters. The van der Waals surface area contributed by atoms with Gasteiger partial charge in [-0.3, -0.25) is 4.79 Å². The second-order valence-corrected chi connectivity index (χ2v) is 6.31. The van der Waals surface area contributed by atoms with Crippen molar-refractivity contribution in [2.75, 3.05) is 20.8 Å². The summed E-state index contributed by atoms with van der Waals surface area (Å²) in [5.74, 6) is 0.437. The third kappa shape index (κ3) is 3.71. The van der Waals surface area contributed by atoms with Crippen molar-refractivity contribution >= 4 is 16.9 Å². The van der Waals surface area contributed by atoms with Gasteiger partial charge in [-0.2, -0.15) is 0 Å². The fraction of sp³-hybridized carbons (Fsp3) is 0.273. The van der Waals surface area contributed by atoms with E-state index >= 15 is 0 Å². The maximum absolute atomic E-state index is 12.8. The number of hydrogen-bond acceptors (Lipinski definition) is 5. The number of esters is 1. The molecule has 0 amide bonds. The zero-order chi connectivity index (χ0) is 20.1. The van der Waals surface area contributed by atoms with Gasteiger partial charge in [-0.25, -0.2) is 4.79 Å². The fourth-order valence-corrected chi connectivity index (χ4v) is 3.11. The van der Waals surface area contributed by atoms with Crippen LogP contribution in [0.3, 0.4) is 0 Å². The van der Waals surface area contributed by atoms with Crippen molar-refractivity contribution in [3.63, 3.8) is 0 Å². The molecule has 1 N–H and O–H groups in total. The average molecular weight is 381 g/mol. The molecule has 0 radical (unpaired) electrons. The fourth-order valence-electron chi connectivity index (χ4n) is 3.11. The van der Waals surface area contributed by atoms with E-state index in [1.165, 1.54) is 7.11 Å². The van der Waals surface area contributed by atoms with Crippen LogP contribution in [-0.2, 0) is 4.74 Å². The first kappa shape index (κ1) is 19.5. The molecular weight excluding hydrogens is 358 g/mol. The van der Waals surface area contributed by atoms with Crippen molar-refractivity contribution in [1.82, 2.24) is 4.98 Å². The van der Waals surface area contributed by atoms with Crippen molar-refractivity contribution in [1.29, 1.82) is 0 Å². The molecule has 6 nitrogen and oxygen atoms in total. The highest BCUT2D eigenvalue weighted by atomic mass is 16.5. The maximum atomic E-state index is 12.8. The van der Waals surface area contributed by atoms with Gasteiger partial charge < -0.3 is 19.2 Å². The molecule has 0 saturated heterocycles. The Morgan fingerprint density at radius 1 is 1.04 bits per heavy atom. The number of unbranched alkanes of at least 4 members (excludes halogenated alkanes) is 1. The lowest BCUT2D eigenvalue weighted by Crippen LogP contribution is -2.22. The number of rotatable bonds is 7. The zero-order valence-corrected chi connectivity index (χ0v) is 16.2. The third-order valence-corrected chi connectivity index (χ3v) is 4.53. The van der Waals surface area contributed by atoms with Crippen LogP contribution >= 0.6 is 0 Å². The largest absolute Gasteiger partial charge is 0.493 e. The van der Waals surface area contributed by atoms with E-state index in [-0.39, 0.29) is 12.2 Å². The van der Waals surface area contributed by atoms with Crippen LogP contribution in [0.25, 0.3) is 22.0 Å². The third-order valence-electron chi connectivity index (χ3n) is 4.53. The molecule has 28 heavy (non-hydrogen) atoms. The summed E-state index contributed by atoms with van der Waals surface area (Å²) in [7, 11) is 3.09. The van der Waals surface area contributed by atoms with E-state index in [1.54, 1.807) is 31.4 Å². The lowest BCUT2D eigenvalue weighted by atomic mass is 9.96. The molecule has 146 valence electrons. The molecule has 0 spiro atoms. The average Bonchev–Trinajstić information content (AvgIpc) is 2.72. The number of benzene rings is 2. The van der Waals surface area contributed by atoms with Crippen LogP contribution < -0.4 is 15.0 Å². The highest BCUT2D eigenvalue weighted by Crippen LogP contribution is 2.36. The minimum absolute atomic E-state index is 0.0120. The Morgan fingerprint density at radius 3 is 2.50 bits per heavy atom. The SMILES string of the molecule is CCCCOC(=O)c1c(-c2ccc(OC)c(OC)c2)c2ccccc2[nH]c1=O. The number of ether oxygens (including phenoxy) is 3. The first-order chi connectivity index (χ1) is 13.6. The van der Waals surface area contributed by atoms with Gasteiger partial charge in [0.1, 0.15) is 5.56 Å². The maximum Gasteiger partial charge on any atom is 0.344 e. The van der Waals surface area contributed by atoms with E-state index in [0.29, 0.717) is 28.1 Å². The summed E-state index contributed by atoms with van der Waals surface area (Å²) in [5.41, 5.74) is 1.33. The Balaban J connectivity index is 2.25. The molecule has 0 unspecified atom stereocenters. The second-order valence-electron chi connectivity index (χ2n) is 6.31. The number of carbonyl (C=O) groups is 1. The van der Waals surface area contributed by atoms with Gasteiger partial charge in [-0.05, 0) is 30.2 Å². The summed E-state index contributed by atoms with van der Waals surface area (Å²) in [6, 6.07) is 12.6. The van der Waals surface area contributed by atoms with Crippen LogP contribution in [-0.4, -0.2) is 31.8 Å². The van der Waals surface area contributed by atoms with Crippen LogP contribution in [0, 0.1) is 0 Å². The number of H-pyrrole nitrogens is 1. The Kier molecular flexibility index (Phi) is 5.99. The van der Waals surface area contributed by atoms with Gasteiger partial charge >= 0.3 is 5.97 Å². The molecule has 6 heteroatoms. The standard InChI is InChI=1S/C22H23NO5/c1-4-5-12-28-22(25)20-19(14-10-11-17(26-2)18(13-14)27-3)15-8-6-7-9-16(15)23-21(20)24/h6-11,13H,4-5,12H2,1-3H3,(H,23,24). The summed E-state index contributed by atoms with van der Waals surface area (Å²) in [5, 5.41) is 0.747. The van der Waals surface area contributed by atoms with Crippen LogP contribution in [0.5, 0.6) is 11.5 Å². The second kappa shape index (κ2) is 8.61. The molecule has 0 aliphatic carbocycles. The molecule has 0 saturated carbocycles. The quantitative estimate of drug-likeness (QED) is 0.491. The van der Waals surface area contributed by atoms with E-state index in [2.05, 4.69) is 4.98 Å². The number of aromatic nitrogens is 1. The number of hydrogen-bond donors (Lipinski definition) is 1. The Labute approximate surface area is 163 Å². The minimum atomic E-state index is -0.634. The number of fused-ring (bicyclic) bond motifs is 1. The summed E-state index contributed by atoms with van der Waals surface area (Å²) in [6.45, 7) is 2.28. The zero-order valence-electron chi connectivity index (χ0n) is 16.2. The minimum Gasteiger partial charge on any atom is -0.493 e. The smallest absolute Gasteiger partial charge is 0.344 e. The molecule has 0 aliphatic rings. The van der Waals surface area contributed by atoms with Crippen LogP contribution in [0.2, 0.25) is 0 Å². The highest BCUT2D eigenvalue weighted by Gasteiger charge is 2.22. The highest BCUT2D eigenvalue weighted by molar-refractivity contribution is 6.06. The lowest BCUT2D eigenvalue weighted by molar-refractivity contribution is 0.0499. The van der Waals surface area contributed by atoms with Crippen molar-refractivity contribution < 1.29 is 19.0 Å². The number of para-hydroxylation sites is 1. The number of nitrogens with one attached hydrogen (secondary N) is 1. The van der Waals surface area contributed by atoms with Gasteiger partial charge in [0, 0.05) is 16.5 Å². The van der Waals surface area contributed by atoms with E-state index < -0.39 is 11.5 Å². The molecule has 3 rings (SSSR count). The Bertz CT molecular complexity index is 1050. The number of pyridine rings is 1. The van der Waals surface area contributed by atoms with Gasteiger partial charge in [0.05, 0.1) is 20.8 Å². The van der Waals surface area contributed by atoms with E-state index in [9.17, 15) is 9.59 Å². The monoisotopic (exact) mass is 381 g/mol. The van der Waals surface area contributed by atoms with Gasteiger partial charge in [0.2, 0.25) is 0 Å². The summed E-state index contributed by atoms with van der Waals surface area (Å²) >= 11 is 0. The molecule has 0 bridgehead atoms. The summed E-state index contributed by atoms with van der Waals surface area (Å²) in [6.07, 6.45) is 1.63. The summed E-state index contributed by atoms with van der Waals surface area (Å²) < 4.78 is 16.0. The molecule has 1 heterocycles. The summed E-state index contributed by atoms with van der Waals surface area (Å²) in [4.78, 5) is 28.3. The predicted octanol–water partition coefficient (Wildman–Crippen LogP) is 4.17. The van der Waals surface area contributed by atoms with Crippen molar-refractivity contribution in [3.05, 3.63) is 58.4 Å². The predicted molar refractivity (Wildman–Crippen MR) is 108 cm³/mol. The van der Waals surface area contributed by atoms with Crippen LogP contribution in [0.1, 0.15) is 30.1 Å². The van der Waals surface area contributed by atoms with Gasteiger partial charge in [-0.15, -0.1) is 0 Å². The topological polar surface area (TPSA) is 77.6 Å². The lowest BCUT2D eigenvalue weighted by Gasteiger charge is -2.14. The van der Waals surface area contributed by atoms with Crippen molar-refractivity contribution in [3.8, 4) is 22.6 Å². The molecule has 1 aromatic heterocycles. The van der Waals surface area contributed by atoms with E-state index in [1.807, 2.05) is 25.1 Å². The number of methoxy groups -OCH3 is 2. The molecular formula is C22H23NO5. The van der Waals surface area contributed by atoms with Gasteiger partial charge in [-0.1, -0.05) is 37.6 Å². The molecule has 3 aromatic rings. The van der Waals surface area contributed by atoms with Gasteiger partial charge in [0.15, 0.2) is 11.5 Å². The van der Waals surface area contributed by atoms with E-state index in [0.717, 1.165) is 18.2 Å². The number of aromatic amines is 1. The first-order valence-electron chi connectivity index (χ1n) is 9.15. The molecule has 0 aliphatic heterocycles. The molecule has 0 fully saturated rings. The first-order valence-corrected chi connectivity index (χ1v) is 9.15. The molecule has 2 aromatic carbocycles. The van der Waals surface area contributed by atoms with E-state index in [4.69, 9.17) is 14.2 Å². The van der Waals surface area contributed by atoms with Gasteiger partial charge in [0.25, 0.3) is 5.56 Å². The normalized spacial score (nSPS) is 10.7. The van der Waals surface area contributed by atoms with Crippen LogP contribution in [0.15, 0.2) is 47.3 Å². The van der Waals surface area contributed by atoms with Crippen LogP contribution in [0.4, 0.5) is 0 Å². The Hall–Kier alpha value is -3.28. The number of carbonyl (C=O) groups excluding carboxylic acids is 1. The van der Waals surface area contributed by atoms with Crippen molar-refractivity contribution in [2.45, 2.75) is 19.8 Å².